The second kappa shape index (κ2) is 4.50. The molecule has 0 saturated heterocycles. The molecule has 0 aliphatic rings. The van der Waals surface area contributed by atoms with Crippen LogP contribution in [-0.4, -0.2) is 18.4 Å². The quantitative estimate of drug-likeness (QED) is 0.573. The van der Waals surface area contributed by atoms with E-state index < -0.39 is 0 Å². The van der Waals surface area contributed by atoms with Crippen molar-refractivity contribution in [1.82, 2.24) is 5.32 Å². The molecule has 2 nitrogen and oxygen atoms in total. The van der Waals surface area contributed by atoms with E-state index >= 15 is 0 Å². The van der Waals surface area contributed by atoms with Crippen LogP contribution in [0.1, 0.15) is 27.2 Å². The van der Waals surface area contributed by atoms with Gasteiger partial charge in [-0.05, 0) is 6.42 Å². The number of nitrogens with one attached hydrogen (secondary N) is 1. The minimum absolute atomic E-state index is 0.0463. The van der Waals surface area contributed by atoms with Gasteiger partial charge in [-0.25, -0.2) is 0 Å². The van der Waals surface area contributed by atoms with Crippen LogP contribution in [0.2, 0.25) is 0 Å². The number of rotatable bonds is 4. The lowest BCUT2D eigenvalue weighted by Crippen LogP contribution is -2.35. The van der Waals surface area contributed by atoms with Gasteiger partial charge in [0.05, 0.1) is 6.04 Å². The van der Waals surface area contributed by atoms with Gasteiger partial charge in [-0.3, -0.25) is 0 Å². The molecule has 2 heteroatoms. The Morgan fingerprint density at radius 1 is 1.56 bits per heavy atom. The second-order valence-corrected chi connectivity index (χ2v) is 2.47. The molecule has 0 saturated carbocycles. The van der Waals surface area contributed by atoms with Gasteiger partial charge in [0, 0.05) is 6.04 Å². The third-order valence-corrected chi connectivity index (χ3v) is 1.15. The van der Waals surface area contributed by atoms with E-state index in [1.807, 2.05) is 20.8 Å². The number of aldehydes is 1. The van der Waals surface area contributed by atoms with Crippen molar-refractivity contribution >= 4 is 6.29 Å². The molecule has 1 unspecified atom stereocenters. The van der Waals surface area contributed by atoms with Crippen molar-refractivity contribution in [1.29, 1.82) is 0 Å². The van der Waals surface area contributed by atoms with Crippen LogP contribution in [0.15, 0.2) is 0 Å². The maximum atomic E-state index is 10.2. The van der Waals surface area contributed by atoms with Crippen molar-refractivity contribution in [2.45, 2.75) is 39.3 Å². The zero-order chi connectivity index (χ0) is 7.28. The molecule has 0 bridgehead atoms. The summed E-state index contributed by atoms with van der Waals surface area (Å²) in [6.07, 6.45) is 1.84. The molecule has 0 aromatic rings. The summed E-state index contributed by atoms with van der Waals surface area (Å²) >= 11 is 0. The van der Waals surface area contributed by atoms with Gasteiger partial charge in [-0.2, -0.15) is 0 Å². The predicted molar refractivity (Wildman–Crippen MR) is 38.4 cm³/mol. The standard InChI is InChI=1S/C7H15NO/c1-4-7(5-9)8-6(2)3/h5-8H,4H2,1-3H3. The first-order valence-corrected chi connectivity index (χ1v) is 3.42. The van der Waals surface area contributed by atoms with E-state index in [9.17, 15) is 4.79 Å². The lowest BCUT2D eigenvalue weighted by molar-refractivity contribution is -0.109. The first kappa shape index (κ1) is 8.63. The van der Waals surface area contributed by atoms with Gasteiger partial charge >= 0.3 is 0 Å². The lowest BCUT2D eigenvalue weighted by atomic mass is 10.2. The molecule has 9 heavy (non-hydrogen) atoms. The fourth-order valence-electron chi connectivity index (χ4n) is 0.682. The molecular formula is C7H15NO. The Labute approximate surface area is 56.6 Å². The lowest BCUT2D eigenvalue weighted by Gasteiger charge is -2.12. The van der Waals surface area contributed by atoms with Crippen molar-refractivity contribution in [3.8, 4) is 0 Å². The van der Waals surface area contributed by atoms with E-state index in [0.717, 1.165) is 12.7 Å². The average molecular weight is 129 g/mol. The van der Waals surface area contributed by atoms with Gasteiger partial charge in [0.1, 0.15) is 6.29 Å². The molecule has 0 fully saturated rings. The van der Waals surface area contributed by atoms with Crippen LogP contribution >= 0.6 is 0 Å². The minimum Gasteiger partial charge on any atom is -0.305 e. The zero-order valence-corrected chi connectivity index (χ0v) is 6.35. The fourth-order valence-corrected chi connectivity index (χ4v) is 0.682. The number of hydrogen-bond donors (Lipinski definition) is 1. The highest BCUT2D eigenvalue weighted by Gasteiger charge is 2.03. The van der Waals surface area contributed by atoms with Crippen LogP contribution in [0.25, 0.3) is 0 Å². The molecule has 0 spiro atoms. The molecule has 0 aromatic carbocycles. The van der Waals surface area contributed by atoms with Crippen LogP contribution in [-0.2, 0) is 4.79 Å². The first-order valence-electron chi connectivity index (χ1n) is 3.42. The van der Waals surface area contributed by atoms with Crippen LogP contribution in [0, 0.1) is 0 Å². The average Bonchev–Trinajstić information content (AvgIpc) is 1.82. The third kappa shape index (κ3) is 4.15. The summed E-state index contributed by atoms with van der Waals surface area (Å²) in [5.41, 5.74) is 0. The number of hydrogen-bond acceptors (Lipinski definition) is 2. The largest absolute Gasteiger partial charge is 0.305 e. The Hall–Kier alpha value is -0.370. The van der Waals surface area contributed by atoms with Crippen molar-refractivity contribution in [2.75, 3.05) is 0 Å². The smallest absolute Gasteiger partial charge is 0.136 e. The summed E-state index contributed by atoms with van der Waals surface area (Å²) in [6, 6.07) is 0.449. The highest BCUT2D eigenvalue weighted by molar-refractivity contribution is 5.57. The summed E-state index contributed by atoms with van der Waals surface area (Å²) in [6.45, 7) is 6.06. The van der Waals surface area contributed by atoms with Crippen molar-refractivity contribution in [3.05, 3.63) is 0 Å². The van der Waals surface area contributed by atoms with E-state index in [-0.39, 0.29) is 6.04 Å². The maximum Gasteiger partial charge on any atom is 0.136 e. The third-order valence-electron chi connectivity index (χ3n) is 1.15. The highest BCUT2D eigenvalue weighted by atomic mass is 16.1. The predicted octanol–water partition coefficient (Wildman–Crippen LogP) is 0.962. The molecule has 0 heterocycles. The number of carbonyl (C=O) groups excluding carboxylic acids is 1. The Balaban J connectivity index is 3.42. The maximum absolute atomic E-state index is 10.2. The highest BCUT2D eigenvalue weighted by Crippen LogP contribution is 1.87. The Bertz CT molecular complexity index is 81.0. The van der Waals surface area contributed by atoms with Gasteiger partial charge in [0.2, 0.25) is 0 Å². The van der Waals surface area contributed by atoms with E-state index in [0.29, 0.717) is 6.04 Å². The molecule has 0 aliphatic heterocycles. The van der Waals surface area contributed by atoms with Crippen LogP contribution in [0.3, 0.4) is 0 Å². The summed E-state index contributed by atoms with van der Waals surface area (Å²) in [5.74, 6) is 0. The second-order valence-electron chi connectivity index (χ2n) is 2.47. The summed E-state index contributed by atoms with van der Waals surface area (Å²) in [7, 11) is 0. The first-order chi connectivity index (χ1) is 4.20. The minimum atomic E-state index is 0.0463. The van der Waals surface area contributed by atoms with Crippen molar-refractivity contribution in [2.24, 2.45) is 0 Å². The van der Waals surface area contributed by atoms with E-state index in [1.54, 1.807) is 0 Å². The molecule has 0 amide bonds. The van der Waals surface area contributed by atoms with E-state index in [1.165, 1.54) is 0 Å². The van der Waals surface area contributed by atoms with Crippen LogP contribution in [0.4, 0.5) is 0 Å². The molecule has 1 atom stereocenters. The monoisotopic (exact) mass is 129 g/mol. The molecule has 54 valence electrons. The number of carbonyl (C=O) groups is 1. The molecule has 1 N–H and O–H groups in total. The van der Waals surface area contributed by atoms with Gasteiger partial charge in [0.25, 0.3) is 0 Å². The molecule has 0 radical (unpaired) electrons. The van der Waals surface area contributed by atoms with E-state index in [4.69, 9.17) is 0 Å². The zero-order valence-electron chi connectivity index (χ0n) is 6.35. The Morgan fingerprint density at radius 2 is 2.11 bits per heavy atom. The molecule has 0 rings (SSSR count). The van der Waals surface area contributed by atoms with Crippen molar-refractivity contribution < 1.29 is 4.79 Å². The summed E-state index contributed by atoms with van der Waals surface area (Å²) in [4.78, 5) is 10.2. The molecular weight excluding hydrogens is 114 g/mol. The topological polar surface area (TPSA) is 29.1 Å². The molecule has 0 aromatic heterocycles. The summed E-state index contributed by atoms with van der Waals surface area (Å²) < 4.78 is 0. The van der Waals surface area contributed by atoms with Gasteiger partial charge in [-0.15, -0.1) is 0 Å². The van der Waals surface area contributed by atoms with Gasteiger partial charge in [-0.1, -0.05) is 20.8 Å². The normalized spacial score (nSPS) is 13.8. The summed E-state index contributed by atoms with van der Waals surface area (Å²) in [5, 5.41) is 3.11. The van der Waals surface area contributed by atoms with Gasteiger partial charge < -0.3 is 10.1 Å². The fraction of sp³-hybridized carbons (Fsp3) is 0.857. The van der Waals surface area contributed by atoms with Crippen LogP contribution in [0.5, 0.6) is 0 Å². The van der Waals surface area contributed by atoms with Crippen molar-refractivity contribution in [3.63, 3.8) is 0 Å². The SMILES string of the molecule is CCC(C=O)NC(C)C. The van der Waals surface area contributed by atoms with Crippen LogP contribution < -0.4 is 5.32 Å². The Kier molecular flexibility index (Phi) is 4.32. The Morgan fingerprint density at radius 3 is 2.22 bits per heavy atom. The van der Waals surface area contributed by atoms with E-state index in [2.05, 4.69) is 5.32 Å². The van der Waals surface area contributed by atoms with Gasteiger partial charge in [0.15, 0.2) is 0 Å². The molecule has 0 aliphatic carbocycles.